The van der Waals surface area contributed by atoms with Crippen molar-refractivity contribution in [3.63, 3.8) is 0 Å². The van der Waals surface area contributed by atoms with Crippen LogP contribution in [-0.4, -0.2) is 16.6 Å². The molecule has 3 atom stereocenters. The number of hydrogen-bond acceptors (Lipinski definition) is 2. The molecule has 1 aromatic heterocycles. The topological polar surface area (TPSA) is 29.9 Å². The predicted octanol–water partition coefficient (Wildman–Crippen LogP) is 2.12. The highest BCUT2D eigenvalue weighted by molar-refractivity contribution is 5.11. The van der Waals surface area contributed by atoms with Crippen molar-refractivity contribution < 1.29 is 0 Å². The van der Waals surface area contributed by atoms with Gasteiger partial charge in [-0.2, -0.15) is 0 Å². The Kier molecular flexibility index (Phi) is 2.51. The molecule has 1 heterocycles. The molecule has 0 saturated heterocycles. The summed E-state index contributed by atoms with van der Waals surface area (Å²) in [6.07, 6.45) is 9.72. The molecule has 3 heteroatoms. The van der Waals surface area contributed by atoms with E-state index in [1.54, 1.807) is 0 Å². The van der Waals surface area contributed by atoms with Crippen molar-refractivity contribution in [2.75, 3.05) is 7.05 Å². The van der Waals surface area contributed by atoms with Crippen molar-refractivity contribution in [3.05, 3.63) is 18.2 Å². The average Bonchev–Trinajstić information content (AvgIpc) is 2.87. The second kappa shape index (κ2) is 3.88. The molecule has 3 unspecified atom stereocenters. The molecule has 2 aliphatic carbocycles. The Balaban J connectivity index is 1.80. The fraction of sp³-hybridized carbons (Fsp3) is 0.769. The molecule has 0 aromatic carbocycles. The van der Waals surface area contributed by atoms with Crippen LogP contribution in [0.4, 0.5) is 0 Å². The molecular weight excluding hydrogens is 198 g/mol. The minimum atomic E-state index is 0.466. The van der Waals surface area contributed by atoms with Gasteiger partial charge in [0.15, 0.2) is 0 Å². The highest BCUT2D eigenvalue weighted by Crippen LogP contribution is 2.60. The summed E-state index contributed by atoms with van der Waals surface area (Å²) in [6, 6.07) is 0.466. The van der Waals surface area contributed by atoms with Gasteiger partial charge < -0.3 is 9.88 Å². The minimum absolute atomic E-state index is 0.466. The first-order valence-corrected chi connectivity index (χ1v) is 6.47. The lowest BCUT2D eigenvalue weighted by atomic mass is 10.0. The fourth-order valence-electron chi connectivity index (χ4n) is 3.71. The summed E-state index contributed by atoms with van der Waals surface area (Å²) in [7, 11) is 4.17. The van der Waals surface area contributed by atoms with Crippen LogP contribution in [0.1, 0.15) is 37.5 Å². The molecule has 0 spiro atoms. The monoisotopic (exact) mass is 219 g/mol. The number of rotatable bonds is 3. The van der Waals surface area contributed by atoms with Crippen LogP contribution in [0.2, 0.25) is 0 Å². The van der Waals surface area contributed by atoms with Gasteiger partial charge in [0.05, 0.1) is 6.04 Å². The van der Waals surface area contributed by atoms with E-state index < -0.39 is 0 Å². The van der Waals surface area contributed by atoms with Crippen molar-refractivity contribution in [1.82, 2.24) is 14.9 Å². The smallest absolute Gasteiger partial charge is 0.125 e. The standard InChI is InChI=1S/C13H21N3/c1-14-12(13-15-7-8-16(13)2)11-9-5-3-4-6-10(9)11/h7-12,14H,3-6H2,1-2H3. The third-order valence-corrected chi connectivity index (χ3v) is 4.56. The molecule has 2 fully saturated rings. The number of imidazole rings is 1. The maximum atomic E-state index is 4.51. The lowest BCUT2D eigenvalue weighted by Gasteiger charge is -2.16. The number of fused-ring (bicyclic) bond motifs is 1. The van der Waals surface area contributed by atoms with E-state index in [1.807, 2.05) is 12.4 Å². The molecular formula is C13H21N3. The number of hydrogen-bond donors (Lipinski definition) is 1. The van der Waals surface area contributed by atoms with Crippen molar-refractivity contribution in [2.45, 2.75) is 31.7 Å². The second-order valence-electron chi connectivity index (χ2n) is 5.35. The number of nitrogens with one attached hydrogen (secondary N) is 1. The van der Waals surface area contributed by atoms with E-state index in [-0.39, 0.29) is 0 Å². The third-order valence-electron chi connectivity index (χ3n) is 4.56. The maximum absolute atomic E-state index is 4.51. The summed E-state index contributed by atoms with van der Waals surface area (Å²) in [4.78, 5) is 4.51. The zero-order valence-electron chi connectivity index (χ0n) is 10.2. The summed E-state index contributed by atoms with van der Waals surface area (Å²) < 4.78 is 2.16. The summed E-state index contributed by atoms with van der Waals surface area (Å²) >= 11 is 0. The summed E-state index contributed by atoms with van der Waals surface area (Å²) in [5.74, 6) is 4.00. The minimum Gasteiger partial charge on any atom is -0.337 e. The van der Waals surface area contributed by atoms with Crippen molar-refractivity contribution in [3.8, 4) is 0 Å². The molecule has 3 rings (SSSR count). The van der Waals surface area contributed by atoms with Gasteiger partial charge in [0.25, 0.3) is 0 Å². The van der Waals surface area contributed by atoms with E-state index in [9.17, 15) is 0 Å². The number of nitrogens with zero attached hydrogens (tertiary/aromatic N) is 2. The summed E-state index contributed by atoms with van der Waals surface area (Å²) in [5, 5.41) is 3.48. The number of aryl methyl sites for hydroxylation is 1. The van der Waals surface area contributed by atoms with Crippen LogP contribution in [0.3, 0.4) is 0 Å². The van der Waals surface area contributed by atoms with Crippen LogP contribution in [0.15, 0.2) is 12.4 Å². The molecule has 2 saturated carbocycles. The quantitative estimate of drug-likeness (QED) is 0.844. The van der Waals surface area contributed by atoms with Gasteiger partial charge in [-0.05, 0) is 37.6 Å². The molecule has 1 N–H and O–H groups in total. The van der Waals surface area contributed by atoms with E-state index in [0.29, 0.717) is 6.04 Å². The van der Waals surface area contributed by atoms with E-state index in [4.69, 9.17) is 0 Å². The molecule has 2 aliphatic rings. The second-order valence-corrected chi connectivity index (χ2v) is 5.35. The molecule has 88 valence electrons. The van der Waals surface area contributed by atoms with Gasteiger partial charge in [-0.3, -0.25) is 0 Å². The van der Waals surface area contributed by atoms with Crippen LogP contribution in [0, 0.1) is 17.8 Å². The summed E-state index contributed by atoms with van der Waals surface area (Å²) in [5.41, 5.74) is 0. The first-order valence-electron chi connectivity index (χ1n) is 6.47. The molecule has 3 nitrogen and oxygen atoms in total. The molecule has 16 heavy (non-hydrogen) atoms. The highest BCUT2D eigenvalue weighted by Gasteiger charge is 2.54. The van der Waals surface area contributed by atoms with Crippen LogP contribution in [-0.2, 0) is 7.05 Å². The van der Waals surface area contributed by atoms with Gasteiger partial charge in [0.2, 0.25) is 0 Å². The zero-order valence-corrected chi connectivity index (χ0v) is 10.2. The predicted molar refractivity (Wildman–Crippen MR) is 63.9 cm³/mol. The van der Waals surface area contributed by atoms with E-state index >= 15 is 0 Å². The van der Waals surface area contributed by atoms with Gasteiger partial charge in [-0.1, -0.05) is 12.8 Å². The Morgan fingerprint density at radius 3 is 2.56 bits per heavy atom. The van der Waals surface area contributed by atoms with Crippen LogP contribution < -0.4 is 5.32 Å². The van der Waals surface area contributed by atoms with Gasteiger partial charge in [-0.25, -0.2) is 4.98 Å². The first-order chi connectivity index (χ1) is 7.83. The Labute approximate surface area is 97.3 Å². The van der Waals surface area contributed by atoms with E-state index in [0.717, 1.165) is 17.8 Å². The number of aromatic nitrogens is 2. The Morgan fingerprint density at radius 1 is 1.38 bits per heavy atom. The van der Waals surface area contributed by atoms with Gasteiger partial charge in [0, 0.05) is 19.4 Å². The van der Waals surface area contributed by atoms with E-state index in [1.165, 1.54) is 31.5 Å². The van der Waals surface area contributed by atoms with Gasteiger partial charge in [0.1, 0.15) is 5.82 Å². The third kappa shape index (κ3) is 1.49. The van der Waals surface area contributed by atoms with E-state index in [2.05, 4.69) is 29.0 Å². The molecule has 0 bridgehead atoms. The SMILES string of the molecule is CNC(c1nccn1C)C1C2CCCCC21. The van der Waals surface area contributed by atoms with Gasteiger partial charge in [-0.15, -0.1) is 0 Å². The normalized spacial score (nSPS) is 34.5. The van der Waals surface area contributed by atoms with Crippen molar-refractivity contribution in [2.24, 2.45) is 24.8 Å². The summed E-state index contributed by atoms with van der Waals surface area (Å²) in [6.45, 7) is 0. The Hall–Kier alpha value is -0.830. The maximum Gasteiger partial charge on any atom is 0.125 e. The lowest BCUT2D eigenvalue weighted by Crippen LogP contribution is -2.23. The van der Waals surface area contributed by atoms with Crippen molar-refractivity contribution in [1.29, 1.82) is 0 Å². The van der Waals surface area contributed by atoms with Crippen molar-refractivity contribution >= 4 is 0 Å². The molecule has 0 amide bonds. The zero-order chi connectivity index (χ0) is 11.1. The Bertz CT molecular complexity index is 359. The largest absolute Gasteiger partial charge is 0.337 e. The average molecular weight is 219 g/mol. The fourth-order valence-corrected chi connectivity index (χ4v) is 3.71. The van der Waals surface area contributed by atoms with Crippen LogP contribution in [0.25, 0.3) is 0 Å². The highest BCUT2D eigenvalue weighted by atomic mass is 15.1. The molecule has 1 aromatic rings. The van der Waals surface area contributed by atoms with Crippen LogP contribution in [0.5, 0.6) is 0 Å². The first kappa shape index (κ1) is 10.3. The van der Waals surface area contributed by atoms with Crippen LogP contribution >= 0.6 is 0 Å². The molecule has 0 radical (unpaired) electrons. The van der Waals surface area contributed by atoms with Gasteiger partial charge >= 0.3 is 0 Å². The Morgan fingerprint density at radius 2 is 2.06 bits per heavy atom. The lowest BCUT2D eigenvalue weighted by molar-refractivity contribution is 0.447. The molecule has 0 aliphatic heterocycles.